The summed E-state index contributed by atoms with van der Waals surface area (Å²) in [6, 6.07) is 9.10. The zero-order valence-electron chi connectivity index (χ0n) is 17.6. The minimum absolute atomic E-state index is 0.404. The average Bonchev–Trinajstić information content (AvgIpc) is 2.67. The van der Waals surface area contributed by atoms with Crippen molar-refractivity contribution in [1.82, 2.24) is 10.2 Å². The molecule has 1 aliphatic heterocycles. The van der Waals surface area contributed by atoms with Crippen LogP contribution in [-0.4, -0.2) is 54.2 Å². The second-order valence-electron chi connectivity index (χ2n) is 7.84. The summed E-state index contributed by atoms with van der Waals surface area (Å²) in [6.07, 6.45) is 4.80. The maximum atomic E-state index is 8.04. The predicted molar refractivity (Wildman–Crippen MR) is 129 cm³/mol. The lowest BCUT2D eigenvalue weighted by atomic mass is 10.0. The van der Waals surface area contributed by atoms with Gasteiger partial charge in [-0.3, -0.25) is 5.41 Å². The Morgan fingerprint density at radius 3 is 2.50 bits per heavy atom. The van der Waals surface area contributed by atoms with Crippen molar-refractivity contribution in [1.29, 1.82) is 5.41 Å². The maximum absolute atomic E-state index is 8.04. The molecule has 0 bridgehead atoms. The topological polar surface area (TPSA) is 54.4 Å². The van der Waals surface area contributed by atoms with Crippen LogP contribution in [0, 0.1) is 11.3 Å². The van der Waals surface area contributed by atoms with E-state index in [0.717, 1.165) is 24.5 Å². The molecule has 1 aliphatic rings. The van der Waals surface area contributed by atoms with Gasteiger partial charge in [0.1, 0.15) is 0 Å². The Hall–Kier alpha value is -1.31. The van der Waals surface area contributed by atoms with Gasteiger partial charge in [-0.2, -0.15) is 0 Å². The first-order valence-electron chi connectivity index (χ1n) is 10.2. The van der Waals surface area contributed by atoms with Gasteiger partial charge >= 0.3 is 0 Å². The van der Waals surface area contributed by atoms with Gasteiger partial charge in [0.05, 0.1) is 0 Å². The fraction of sp³-hybridized carbons (Fsp3) is 0.619. The van der Waals surface area contributed by atoms with E-state index in [2.05, 4.69) is 72.6 Å². The van der Waals surface area contributed by atoms with Crippen LogP contribution in [0.15, 0.2) is 24.3 Å². The first-order valence-corrected chi connectivity index (χ1v) is 11.6. The fourth-order valence-electron chi connectivity index (χ4n) is 3.50. The summed E-state index contributed by atoms with van der Waals surface area (Å²) >= 11 is 6.87. The van der Waals surface area contributed by atoms with Gasteiger partial charge in [-0.1, -0.05) is 38.5 Å². The summed E-state index contributed by atoms with van der Waals surface area (Å²) in [5.41, 5.74) is 2.21. The molecule has 0 saturated carbocycles. The predicted octanol–water partition coefficient (Wildman–Crippen LogP) is 4.61. The molecule has 28 heavy (non-hydrogen) atoms. The van der Waals surface area contributed by atoms with E-state index >= 15 is 0 Å². The van der Waals surface area contributed by atoms with Crippen molar-refractivity contribution in [2.45, 2.75) is 45.6 Å². The lowest BCUT2D eigenvalue weighted by Crippen LogP contribution is -2.41. The molecule has 1 aromatic rings. The third-order valence-electron chi connectivity index (χ3n) is 5.21. The summed E-state index contributed by atoms with van der Waals surface area (Å²) < 4.78 is 0. The second kappa shape index (κ2) is 11.6. The van der Waals surface area contributed by atoms with E-state index in [0.29, 0.717) is 22.2 Å². The fourth-order valence-corrected chi connectivity index (χ4v) is 4.58. The van der Waals surface area contributed by atoms with Crippen LogP contribution in [0.5, 0.6) is 0 Å². The highest BCUT2D eigenvalue weighted by atomic mass is 32.2. The molecule has 7 heteroatoms. The molecule has 156 valence electrons. The number of nitrogens with one attached hydrogen (secondary N) is 3. The summed E-state index contributed by atoms with van der Waals surface area (Å²) in [4.78, 5) is 4.78. The molecule has 0 unspecified atom stereocenters. The number of rotatable bonds is 7. The van der Waals surface area contributed by atoms with Crippen LogP contribution in [0.4, 0.5) is 11.4 Å². The monoisotopic (exact) mass is 421 g/mol. The molecule has 1 atom stereocenters. The van der Waals surface area contributed by atoms with Gasteiger partial charge in [-0.05, 0) is 69.3 Å². The van der Waals surface area contributed by atoms with Crippen LogP contribution in [0.2, 0.25) is 0 Å². The highest BCUT2D eigenvalue weighted by molar-refractivity contribution is 8.13. The van der Waals surface area contributed by atoms with E-state index in [9.17, 15) is 0 Å². The van der Waals surface area contributed by atoms with Crippen molar-refractivity contribution < 1.29 is 0 Å². The van der Waals surface area contributed by atoms with E-state index in [1.54, 1.807) is 0 Å². The first kappa shape index (κ1) is 23.0. The Balaban J connectivity index is 1.76. The molecule has 1 aromatic carbocycles. The molecular formula is C21H35N5S2. The highest BCUT2D eigenvalue weighted by Gasteiger charge is 2.20. The molecule has 3 N–H and O–H groups in total. The highest BCUT2D eigenvalue weighted by Crippen LogP contribution is 2.23. The molecule has 0 aromatic heterocycles. The molecule has 0 amide bonds. The molecule has 1 fully saturated rings. The Morgan fingerprint density at radius 2 is 1.93 bits per heavy atom. The van der Waals surface area contributed by atoms with E-state index in [1.165, 1.54) is 43.1 Å². The van der Waals surface area contributed by atoms with Crippen molar-refractivity contribution in [3.63, 3.8) is 0 Å². The largest absolute Gasteiger partial charge is 0.371 e. The van der Waals surface area contributed by atoms with E-state index in [-0.39, 0.29) is 0 Å². The van der Waals surface area contributed by atoms with Crippen molar-refractivity contribution in [3.8, 4) is 0 Å². The first-order chi connectivity index (χ1) is 13.4. The van der Waals surface area contributed by atoms with Crippen molar-refractivity contribution >= 4 is 45.6 Å². The average molecular weight is 422 g/mol. The second-order valence-corrected chi connectivity index (χ2v) is 9.28. The summed E-state index contributed by atoms with van der Waals surface area (Å²) in [7, 11) is 4.34. The smallest absolute Gasteiger partial charge is 0.176 e. The Kier molecular flexibility index (Phi) is 9.55. The number of piperidine rings is 1. The number of thiocarbonyl (C=S) groups is 1. The molecule has 1 saturated heterocycles. The molecule has 1 heterocycles. The quantitative estimate of drug-likeness (QED) is 0.340. The number of hydrogen-bond acceptors (Lipinski definition) is 5. The third kappa shape index (κ3) is 7.60. The Bertz CT molecular complexity index is 624. The van der Waals surface area contributed by atoms with Crippen LogP contribution in [0.1, 0.15) is 39.5 Å². The Morgan fingerprint density at radius 1 is 1.29 bits per heavy atom. The summed E-state index contributed by atoms with van der Waals surface area (Å²) in [5.74, 6) is 1.57. The van der Waals surface area contributed by atoms with Crippen molar-refractivity contribution in [2.24, 2.45) is 5.92 Å². The number of hydrogen-bond donors (Lipinski definition) is 3. The van der Waals surface area contributed by atoms with E-state index < -0.39 is 0 Å². The Labute approximate surface area is 180 Å². The molecule has 0 spiro atoms. The van der Waals surface area contributed by atoms with E-state index in [4.69, 9.17) is 17.6 Å². The lowest BCUT2D eigenvalue weighted by molar-refractivity contribution is 0.249. The summed E-state index contributed by atoms with van der Waals surface area (Å²) in [6.45, 7) is 6.62. The molecule has 2 rings (SSSR count). The zero-order valence-corrected chi connectivity index (χ0v) is 19.3. The standard InChI is InChI=1S/C21H35N5S2/c1-5-6-16(2)15-28-20(22)24-21(27)23-17-7-9-19(10-8-17)26-13-11-18(12-14-26)25(3)4/h7-10,16,18H,5-6,11-15H2,1-4H3,(H3,22,23,24,27)/t16-/m1/s1. The van der Waals surface area contributed by atoms with Crippen LogP contribution in [0.3, 0.4) is 0 Å². The summed E-state index contributed by atoms with van der Waals surface area (Å²) in [5, 5.41) is 15.1. The van der Waals surface area contributed by atoms with Crippen LogP contribution < -0.4 is 15.5 Å². The number of amidine groups is 1. The van der Waals surface area contributed by atoms with E-state index in [1.807, 2.05) is 0 Å². The maximum Gasteiger partial charge on any atom is 0.176 e. The zero-order chi connectivity index (χ0) is 20.5. The van der Waals surface area contributed by atoms with Crippen molar-refractivity contribution in [2.75, 3.05) is 43.2 Å². The van der Waals surface area contributed by atoms with Gasteiger partial charge in [-0.15, -0.1) is 0 Å². The third-order valence-corrected chi connectivity index (χ3v) is 6.54. The minimum Gasteiger partial charge on any atom is -0.371 e. The van der Waals surface area contributed by atoms with Gasteiger partial charge < -0.3 is 20.4 Å². The molecule has 0 aliphatic carbocycles. The normalized spacial score (nSPS) is 16.1. The lowest BCUT2D eigenvalue weighted by Gasteiger charge is -2.36. The van der Waals surface area contributed by atoms with Crippen molar-refractivity contribution in [3.05, 3.63) is 24.3 Å². The van der Waals surface area contributed by atoms with Crippen LogP contribution in [-0.2, 0) is 0 Å². The number of nitrogens with zero attached hydrogens (tertiary/aromatic N) is 2. The molecular weight excluding hydrogens is 386 g/mol. The van der Waals surface area contributed by atoms with Crippen LogP contribution >= 0.6 is 24.0 Å². The number of thioether (sulfide) groups is 1. The SMILES string of the molecule is CCC[C@@H](C)CSC(=N)NC(=S)Nc1ccc(N2CCC(N(C)C)CC2)cc1. The van der Waals surface area contributed by atoms with Gasteiger partial charge in [0.15, 0.2) is 10.3 Å². The molecule has 5 nitrogen and oxygen atoms in total. The number of benzene rings is 1. The molecule has 0 radical (unpaired) electrons. The minimum atomic E-state index is 0.404. The van der Waals surface area contributed by atoms with Gasteiger partial charge in [0.2, 0.25) is 0 Å². The van der Waals surface area contributed by atoms with Gasteiger partial charge in [0, 0.05) is 36.3 Å². The number of anilines is 2. The van der Waals surface area contributed by atoms with Gasteiger partial charge in [0.25, 0.3) is 0 Å². The van der Waals surface area contributed by atoms with Crippen LogP contribution in [0.25, 0.3) is 0 Å². The van der Waals surface area contributed by atoms with Gasteiger partial charge in [-0.25, -0.2) is 0 Å².